The molecule has 1 saturated heterocycles. The van der Waals surface area contributed by atoms with E-state index in [1.807, 2.05) is 24.0 Å². The number of carboxylic acids is 1. The molecule has 0 radical (unpaired) electrons. The normalized spacial score (nSPS) is 23.1. The summed E-state index contributed by atoms with van der Waals surface area (Å²) in [6.07, 6.45) is 2.34. The maximum Gasteiger partial charge on any atom is 0.307 e. The fourth-order valence-corrected chi connectivity index (χ4v) is 3.74. The molecule has 0 aromatic heterocycles. The van der Waals surface area contributed by atoms with Gasteiger partial charge in [0, 0.05) is 23.7 Å². The van der Waals surface area contributed by atoms with Crippen LogP contribution in [0.1, 0.15) is 35.2 Å². The molecule has 2 fully saturated rings. The first kappa shape index (κ1) is 14.4. The predicted molar refractivity (Wildman–Crippen MR) is 79.5 cm³/mol. The van der Waals surface area contributed by atoms with Crippen molar-refractivity contribution >= 4 is 23.5 Å². The van der Waals surface area contributed by atoms with Crippen LogP contribution in [0, 0.1) is 18.3 Å². The summed E-state index contributed by atoms with van der Waals surface area (Å²) < 4.78 is 0. The van der Waals surface area contributed by atoms with Crippen molar-refractivity contribution in [2.45, 2.75) is 26.2 Å². The van der Waals surface area contributed by atoms with Crippen molar-refractivity contribution < 1.29 is 14.7 Å². The molecule has 4 nitrogen and oxygen atoms in total. The zero-order valence-corrected chi connectivity index (χ0v) is 12.7. The van der Waals surface area contributed by atoms with Crippen molar-refractivity contribution in [2.75, 3.05) is 13.1 Å². The minimum absolute atomic E-state index is 0.0111. The monoisotopic (exact) mass is 307 g/mol. The summed E-state index contributed by atoms with van der Waals surface area (Å²) >= 11 is 6.01. The van der Waals surface area contributed by atoms with Crippen LogP contribution in [0.3, 0.4) is 0 Å². The standard InChI is InChI=1S/C16H18ClNO3/c1-10-6-11(8-12(17)7-10)14(19)18-4-2-16(3-5-18)9-13(16)15(20)21/h6-8,13H,2-5,9H2,1H3,(H,20,21). The summed E-state index contributed by atoms with van der Waals surface area (Å²) in [6.45, 7) is 3.18. The summed E-state index contributed by atoms with van der Waals surface area (Å²) in [5.74, 6) is -0.911. The second-order valence-electron chi connectivity index (χ2n) is 6.27. The molecule has 1 unspecified atom stereocenters. The van der Waals surface area contributed by atoms with Gasteiger partial charge in [-0.1, -0.05) is 11.6 Å². The lowest BCUT2D eigenvalue weighted by atomic mass is 9.90. The van der Waals surface area contributed by atoms with Crippen molar-refractivity contribution in [1.82, 2.24) is 4.90 Å². The van der Waals surface area contributed by atoms with Gasteiger partial charge in [0.05, 0.1) is 5.92 Å². The lowest BCUT2D eigenvalue weighted by Crippen LogP contribution is -2.40. The molecule has 21 heavy (non-hydrogen) atoms. The van der Waals surface area contributed by atoms with Gasteiger partial charge in [0.2, 0.25) is 0 Å². The largest absolute Gasteiger partial charge is 0.481 e. The Morgan fingerprint density at radius 3 is 2.48 bits per heavy atom. The SMILES string of the molecule is Cc1cc(Cl)cc(C(=O)N2CCC3(CC2)CC3C(=O)O)c1. The van der Waals surface area contributed by atoms with Gasteiger partial charge in [0.25, 0.3) is 5.91 Å². The molecule has 1 amide bonds. The second-order valence-corrected chi connectivity index (χ2v) is 6.70. The first-order chi connectivity index (χ1) is 9.91. The third-order valence-electron chi connectivity index (χ3n) is 4.82. The number of aryl methyl sites for hydroxylation is 1. The molecule has 112 valence electrons. The quantitative estimate of drug-likeness (QED) is 0.914. The minimum Gasteiger partial charge on any atom is -0.481 e. The van der Waals surface area contributed by atoms with E-state index < -0.39 is 5.97 Å². The lowest BCUT2D eigenvalue weighted by molar-refractivity contribution is -0.139. The highest BCUT2D eigenvalue weighted by Gasteiger charge is 2.59. The van der Waals surface area contributed by atoms with Gasteiger partial charge in [-0.05, 0) is 55.4 Å². The van der Waals surface area contributed by atoms with Gasteiger partial charge >= 0.3 is 5.97 Å². The molecule has 1 aromatic carbocycles. The maximum absolute atomic E-state index is 12.5. The van der Waals surface area contributed by atoms with Crippen LogP contribution in [-0.4, -0.2) is 35.0 Å². The number of rotatable bonds is 2. The van der Waals surface area contributed by atoms with Crippen molar-refractivity contribution in [3.8, 4) is 0 Å². The molecule has 1 heterocycles. The van der Waals surface area contributed by atoms with Gasteiger partial charge in [-0.15, -0.1) is 0 Å². The van der Waals surface area contributed by atoms with Crippen LogP contribution in [0.15, 0.2) is 18.2 Å². The summed E-state index contributed by atoms with van der Waals surface area (Å²) in [7, 11) is 0. The Morgan fingerprint density at radius 1 is 1.29 bits per heavy atom. The third-order valence-corrected chi connectivity index (χ3v) is 5.04. The molecule has 1 aromatic rings. The number of nitrogens with zero attached hydrogens (tertiary/aromatic N) is 1. The van der Waals surface area contributed by atoms with E-state index >= 15 is 0 Å². The Balaban J connectivity index is 1.67. The fourth-order valence-electron chi connectivity index (χ4n) is 3.45. The summed E-state index contributed by atoms with van der Waals surface area (Å²) in [5.41, 5.74) is 1.53. The molecule has 2 aliphatic rings. The van der Waals surface area contributed by atoms with E-state index in [1.165, 1.54) is 0 Å². The van der Waals surface area contributed by atoms with Gasteiger partial charge in [-0.3, -0.25) is 9.59 Å². The van der Waals surface area contributed by atoms with E-state index in [0.717, 1.165) is 24.8 Å². The van der Waals surface area contributed by atoms with E-state index in [0.29, 0.717) is 23.7 Å². The molecular weight excluding hydrogens is 290 g/mol. The zero-order chi connectivity index (χ0) is 15.2. The smallest absolute Gasteiger partial charge is 0.307 e. The first-order valence-corrected chi connectivity index (χ1v) is 7.58. The molecule has 1 spiro atoms. The molecule has 1 atom stereocenters. The summed E-state index contributed by atoms with van der Waals surface area (Å²) in [6, 6.07) is 5.36. The Hall–Kier alpha value is -1.55. The van der Waals surface area contributed by atoms with Crippen LogP contribution in [0.25, 0.3) is 0 Å². The molecular formula is C16H18ClNO3. The van der Waals surface area contributed by atoms with E-state index in [1.54, 1.807) is 6.07 Å². The van der Waals surface area contributed by atoms with Crippen LogP contribution < -0.4 is 0 Å². The molecule has 3 rings (SSSR count). The molecule has 1 N–H and O–H groups in total. The highest BCUT2D eigenvalue weighted by molar-refractivity contribution is 6.31. The number of piperidine rings is 1. The average Bonchev–Trinajstić information content (AvgIpc) is 3.12. The van der Waals surface area contributed by atoms with Crippen LogP contribution >= 0.6 is 11.6 Å². The topological polar surface area (TPSA) is 57.6 Å². The summed E-state index contributed by atoms with van der Waals surface area (Å²) in [5, 5.41) is 9.66. The highest BCUT2D eigenvalue weighted by Crippen LogP contribution is 2.59. The van der Waals surface area contributed by atoms with E-state index in [-0.39, 0.29) is 17.2 Å². The molecule has 1 aliphatic heterocycles. The molecule has 1 saturated carbocycles. The summed E-state index contributed by atoms with van der Waals surface area (Å²) in [4.78, 5) is 25.4. The predicted octanol–water partition coefficient (Wildman–Crippen LogP) is 2.98. The number of amides is 1. The van der Waals surface area contributed by atoms with Crippen molar-refractivity contribution in [2.24, 2.45) is 11.3 Å². The van der Waals surface area contributed by atoms with Crippen LogP contribution in [0.4, 0.5) is 0 Å². The number of hydrogen-bond acceptors (Lipinski definition) is 2. The number of carbonyl (C=O) groups is 2. The van der Waals surface area contributed by atoms with Crippen LogP contribution in [-0.2, 0) is 4.79 Å². The molecule has 1 aliphatic carbocycles. The first-order valence-electron chi connectivity index (χ1n) is 7.21. The number of halogens is 1. The average molecular weight is 308 g/mol. The molecule has 5 heteroatoms. The van der Waals surface area contributed by atoms with E-state index in [4.69, 9.17) is 16.7 Å². The van der Waals surface area contributed by atoms with E-state index in [2.05, 4.69) is 0 Å². The van der Waals surface area contributed by atoms with E-state index in [9.17, 15) is 9.59 Å². The van der Waals surface area contributed by atoms with Gasteiger partial charge in [0.1, 0.15) is 0 Å². The lowest BCUT2D eigenvalue weighted by Gasteiger charge is -2.32. The highest BCUT2D eigenvalue weighted by atomic mass is 35.5. The van der Waals surface area contributed by atoms with Gasteiger partial charge in [-0.25, -0.2) is 0 Å². The van der Waals surface area contributed by atoms with Gasteiger partial charge in [-0.2, -0.15) is 0 Å². The van der Waals surface area contributed by atoms with Gasteiger partial charge < -0.3 is 10.0 Å². The maximum atomic E-state index is 12.5. The number of likely N-dealkylation sites (tertiary alicyclic amines) is 1. The Kier molecular flexibility index (Phi) is 3.44. The van der Waals surface area contributed by atoms with Gasteiger partial charge in [0.15, 0.2) is 0 Å². The minimum atomic E-state index is -0.694. The number of aliphatic carboxylic acids is 1. The number of carboxylic acid groups (broad SMARTS) is 1. The molecule has 0 bridgehead atoms. The Bertz CT molecular complexity index is 585. The third kappa shape index (κ3) is 2.64. The van der Waals surface area contributed by atoms with Crippen molar-refractivity contribution in [1.29, 1.82) is 0 Å². The van der Waals surface area contributed by atoms with Crippen molar-refractivity contribution in [3.63, 3.8) is 0 Å². The zero-order valence-electron chi connectivity index (χ0n) is 11.9. The number of hydrogen-bond donors (Lipinski definition) is 1. The van der Waals surface area contributed by atoms with Crippen molar-refractivity contribution in [3.05, 3.63) is 34.3 Å². The fraction of sp³-hybridized carbons (Fsp3) is 0.500. The Labute approximate surface area is 128 Å². The number of benzene rings is 1. The second kappa shape index (κ2) is 5.02. The Morgan fingerprint density at radius 2 is 1.95 bits per heavy atom. The number of carbonyl (C=O) groups excluding carboxylic acids is 1. The van der Waals surface area contributed by atoms with Crippen LogP contribution in [0.2, 0.25) is 5.02 Å². The van der Waals surface area contributed by atoms with Crippen LogP contribution in [0.5, 0.6) is 0 Å².